The molecule has 2 N–H and O–H groups in total. The minimum Gasteiger partial charge on any atom is -0.358 e. The Morgan fingerprint density at radius 3 is 2.69 bits per heavy atom. The van der Waals surface area contributed by atoms with Crippen LogP contribution in [0.25, 0.3) is 0 Å². The van der Waals surface area contributed by atoms with Gasteiger partial charge in [0.25, 0.3) is 0 Å². The van der Waals surface area contributed by atoms with Gasteiger partial charge in [0.05, 0.1) is 13.1 Å². The molecule has 88 valence electrons. The Kier molecular flexibility index (Phi) is 4.80. The molecule has 7 nitrogen and oxygen atoms in total. The van der Waals surface area contributed by atoms with E-state index in [1.165, 1.54) is 16.8 Å². The molecule has 0 bridgehead atoms. The number of likely N-dealkylation sites (N-methyl/N-ethyl adjacent to an activating group) is 2. The fourth-order valence-corrected chi connectivity index (χ4v) is 1.47. The Morgan fingerprint density at radius 2 is 2.12 bits per heavy atom. The first-order chi connectivity index (χ1) is 7.61. The molecule has 1 aromatic rings. The summed E-state index contributed by atoms with van der Waals surface area (Å²) in [6.45, 7) is 0.313. The van der Waals surface area contributed by atoms with Crippen LogP contribution in [0.3, 0.4) is 0 Å². The summed E-state index contributed by atoms with van der Waals surface area (Å²) in [6.07, 6.45) is 0. The number of carbonyl (C=O) groups excluding carboxylic acids is 2. The summed E-state index contributed by atoms with van der Waals surface area (Å²) in [5.74, 6) is -0.352. The van der Waals surface area contributed by atoms with Crippen LogP contribution in [0.5, 0.6) is 0 Å². The molecule has 1 rings (SSSR count). The van der Waals surface area contributed by atoms with Crippen molar-refractivity contribution in [2.24, 2.45) is 0 Å². The lowest BCUT2D eigenvalue weighted by Gasteiger charge is -2.14. The third-order valence-electron chi connectivity index (χ3n) is 1.71. The van der Waals surface area contributed by atoms with Crippen LogP contribution in [0.15, 0.2) is 5.51 Å². The Morgan fingerprint density at radius 1 is 1.44 bits per heavy atom. The van der Waals surface area contributed by atoms with Crippen molar-refractivity contribution in [3.8, 4) is 0 Å². The van der Waals surface area contributed by atoms with Crippen molar-refractivity contribution in [3.63, 3.8) is 0 Å². The molecule has 0 fully saturated rings. The second-order valence-electron chi connectivity index (χ2n) is 3.14. The first kappa shape index (κ1) is 12.5. The summed E-state index contributed by atoms with van der Waals surface area (Å²) in [5, 5.41) is 12.8. The minimum atomic E-state index is -0.219. The van der Waals surface area contributed by atoms with Crippen LogP contribution in [-0.2, 0) is 9.59 Å². The average molecular weight is 243 g/mol. The molecular formula is C8H13N5O2S. The van der Waals surface area contributed by atoms with E-state index >= 15 is 0 Å². The Balaban J connectivity index is 2.31. The summed E-state index contributed by atoms with van der Waals surface area (Å²) in [4.78, 5) is 24.1. The second-order valence-corrected chi connectivity index (χ2v) is 3.97. The molecule has 0 radical (unpaired) electrons. The van der Waals surface area contributed by atoms with Crippen LogP contribution >= 0.6 is 11.3 Å². The van der Waals surface area contributed by atoms with Gasteiger partial charge in [-0.3, -0.25) is 19.8 Å². The lowest BCUT2D eigenvalue weighted by atomic mass is 10.4. The van der Waals surface area contributed by atoms with Crippen LogP contribution < -0.4 is 10.6 Å². The highest BCUT2D eigenvalue weighted by Crippen LogP contribution is 2.07. The van der Waals surface area contributed by atoms with E-state index < -0.39 is 0 Å². The monoisotopic (exact) mass is 243 g/mol. The molecule has 0 aliphatic rings. The van der Waals surface area contributed by atoms with E-state index in [2.05, 4.69) is 20.8 Å². The quantitative estimate of drug-likeness (QED) is 0.703. The van der Waals surface area contributed by atoms with Gasteiger partial charge in [-0.1, -0.05) is 11.3 Å². The predicted octanol–water partition coefficient (Wildman–Crippen LogP) is -0.846. The number of carbonyl (C=O) groups is 2. The standard InChI is InChI=1S/C8H13N5O2S/c1-9-6(14)3-13(2)4-7(15)11-8-12-10-5-16-8/h5H,3-4H2,1-2H3,(H,9,14)(H,11,12,15). The maximum atomic E-state index is 11.4. The van der Waals surface area contributed by atoms with Crippen LogP contribution in [0.4, 0.5) is 5.13 Å². The third kappa shape index (κ3) is 4.32. The normalized spacial score (nSPS) is 10.2. The number of anilines is 1. The average Bonchev–Trinajstić information content (AvgIpc) is 2.69. The van der Waals surface area contributed by atoms with E-state index in [1.54, 1.807) is 19.0 Å². The van der Waals surface area contributed by atoms with E-state index in [4.69, 9.17) is 0 Å². The van der Waals surface area contributed by atoms with Gasteiger partial charge in [0.15, 0.2) is 0 Å². The Bertz CT molecular complexity index is 353. The van der Waals surface area contributed by atoms with Crippen molar-refractivity contribution in [2.45, 2.75) is 0 Å². The molecule has 0 saturated carbocycles. The maximum absolute atomic E-state index is 11.4. The van der Waals surface area contributed by atoms with Gasteiger partial charge in [0.2, 0.25) is 16.9 Å². The number of nitrogens with zero attached hydrogens (tertiary/aromatic N) is 3. The van der Waals surface area contributed by atoms with Crippen molar-refractivity contribution in [1.29, 1.82) is 0 Å². The summed E-state index contributed by atoms with van der Waals surface area (Å²) in [7, 11) is 3.24. The van der Waals surface area contributed by atoms with Crippen molar-refractivity contribution in [1.82, 2.24) is 20.4 Å². The molecule has 0 aromatic carbocycles. The summed E-state index contributed by atoms with van der Waals surface area (Å²) < 4.78 is 0. The zero-order valence-electron chi connectivity index (χ0n) is 9.06. The fourth-order valence-electron chi connectivity index (χ4n) is 1.01. The largest absolute Gasteiger partial charge is 0.358 e. The Labute approximate surface area is 96.9 Å². The number of rotatable bonds is 5. The first-order valence-corrected chi connectivity index (χ1v) is 5.45. The molecule has 0 spiro atoms. The van der Waals surface area contributed by atoms with Gasteiger partial charge >= 0.3 is 0 Å². The number of aromatic nitrogens is 2. The van der Waals surface area contributed by atoms with Crippen LogP contribution in [-0.4, -0.2) is 54.1 Å². The first-order valence-electron chi connectivity index (χ1n) is 4.57. The van der Waals surface area contributed by atoms with Gasteiger partial charge in [0.1, 0.15) is 5.51 Å². The molecule has 0 aliphatic heterocycles. The van der Waals surface area contributed by atoms with E-state index in [0.29, 0.717) is 5.13 Å². The SMILES string of the molecule is CNC(=O)CN(C)CC(=O)Nc1nncs1. The van der Waals surface area contributed by atoms with Crippen LogP contribution in [0.1, 0.15) is 0 Å². The zero-order chi connectivity index (χ0) is 12.0. The van der Waals surface area contributed by atoms with Gasteiger partial charge < -0.3 is 5.32 Å². The van der Waals surface area contributed by atoms with Gasteiger partial charge in [-0.25, -0.2) is 0 Å². The smallest absolute Gasteiger partial charge is 0.240 e. The predicted molar refractivity (Wildman–Crippen MR) is 60.1 cm³/mol. The number of amides is 2. The number of hydrogen-bond donors (Lipinski definition) is 2. The highest BCUT2D eigenvalue weighted by atomic mass is 32.1. The number of hydrogen-bond acceptors (Lipinski definition) is 6. The molecule has 0 unspecified atom stereocenters. The van der Waals surface area contributed by atoms with E-state index in [9.17, 15) is 9.59 Å². The van der Waals surface area contributed by atoms with Crippen LogP contribution in [0.2, 0.25) is 0 Å². The minimum absolute atomic E-state index is 0.132. The molecule has 0 aliphatic carbocycles. The molecular weight excluding hydrogens is 230 g/mol. The van der Waals surface area contributed by atoms with E-state index in [1.807, 2.05) is 0 Å². The van der Waals surface area contributed by atoms with Crippen LogP contribution in [0, 0.1) is 0 Å². The van der Waals surface area contributed by atoms with Gasteiger partial charge in [-0.05, 0) is 7.05 Å². The van der Waals surface area contributed by atoms with Gasteiger partial charge in [0, 0.05) is 7.05 Å². The van der Waals surface area contributed by atoms with Crippen molar-refractivity contribution in [3.05, 3.63) is 5.51 Å². The lowest BCUT2D eigenvalue weighted by molar-refractivity contribution is -0.122. The van der Waals surface area contributed by atoms with Gasteiger partial charge in [-0.2, -0.15) is 0 Å². The molecule has 0 saturated heterocycles. The van der Waals surface area contributed by atoms with Crippen molar-refractivity contribution >= 4 is 28.3 Å². The number of nitrogens with one attached hydrogen (secondary N) is 2. The third-order valence-corrected chi connectivity index (χ3v) is 2.32. The summed E-state index contributed by atoms with van der Waals surface area (Å²) in [6, 6.07) is 0. The second kappa shape index (κ2) is 6.13. The summed E-state index contributed by atoms with van der Waals surface area (Å²) >= 11 is 1.24. The van der Waals surface area contributed by atoms with E-state index in [-0.39, 0.29) is 24.9 Å². The molecule has 1 aromatic heterocycles. The molecule has 1 heterocycles. The summed E-state index contributed by atoms with van der Waals surface area (Å²) in [5.41, 5.74) is 1.53. The lowest BCUT2D eigenvalue weighted by Crippen LogP contribution is -2.37. The zero-order valence-corrected chi connectivity index (χ0v) is 9.87. The van der Waals surface area contributed by atoms with E-state index in [0.717, 1.165) is 0 Å². The molecule has 2 amide bonds. The molecule has 8 heteroatoms. The van der Waals surface area contributed by atoms with Crippen molar-refractivity contribution in [2.75, 3.05) is 32.5 Å². The highest BCUT2D eigenvalue weighted by Gasteiger charge is 2.10. The maximum Gasteiger partial charge on any atom is 0.240 e. The molecule has 0 atom stereocenters. The highest BCUT2D eigenvalue weighted by molar-refractivity contribution is 7.13. The van der Waals surface area contributed by atoms with Crippen molar-refractivity contribution < 1.29 is 9.59 Å². The fraction of sp³-hybridized carbons (Fsp3) is 0.500. The topological polar surface area (TPSA) is 87.2 Å². The molecule has 16 heavy (non-hydrogen) atoms. The Hall–Kier alpha value is -1.54. The van der Waals surface area contributed by atoms with Gasteiger partial charge in [-0.15, -0.1) is 10.2 Å².